The van der Waals surface area contributed by atoms with E-state index in [0.717, 1.165) is 5.69 Å². The highest BCUT2D eigenvalue weighted by Crippen LogP contribution is 2.13. The van der Waals surface area contributed by atoms with Gasteiger partial charge in [-0.15, -0.1) is 0 Å². The van der Waals surface area contributed by atoms with E-state index in [1.54, 1.807) is 30.9 Å². The first kappa shape index (κ1) is 15.2. The molecule has 1 aromatic heterocycles. The molecule has 0 aliphatic carbocycles. The van der Waals surface area contributed by atoms with Gasteiger partial charge in [0.15, 0.2) is 0 Å². The Morgan fingerprint density at radius 1 is 1.50 bits per heavy atom. The van der Waals surface area contributed by atoms with E-state index < -0.39 is 10.0 Å². The Morgan fingerprint density at radius 2 is 2.17 bits per heavy atom. The highest BCUT2D eigenvalue weighted by atomic mass is 32.2. The lowest BCUT2D eigenvalue weighted by atomic mass is 10.4. The van der Waals surface area contributed by atoms with Crippen LogP contribution in [0, 0.1) is 0 Å². The lowest BCUT2D eigenvalue weighted by molar-refractivity contribution is 0.180. The van der Waals surface area contributed by atoms with Crippen molar-refractivity contribution in [2.24, 2.45) is 7.05 Å². The maximum atomic E-state index is 12.1. The first-order valence-electron chi connectivity index (χ1n) is 5.71. The topological polar surface area (TPSA) is 72.4 Å². The lowest BCUT2D eigenvalue weighted by Gasteiger charge is -2.11. The molecular weight excluding hydrogens is 254 g/mol. The molecule has 1 aromatic rings. The van der Waals surface area contributed by atoms with Gasteiger partial charge in [0.2, 0.25) is 10.0 Å². The van der Waals surface area contributed by atoms with Crippen molar-refractivity contribution in [1.82, 2.24) is 14.6 Å². The molecule has 0 radical (unpaired) electrons. The van der Waals surface area contributed by atoms with Crippen LogP contribution in [0.1, 0.15) is 12.6 Å². The number of methoxy groups -OCH3 is 1. The van der Waals surface area contributed by atoms with Gasteiger partial charge in [0.05, 0.1) is 11.5 Å². The van der Waals surface area contributed by atoms with Crippen LogP contribution in [0.5, 0.6) is 0 Å². The molecule has 0 amide bonds. The first-order valence-corrected chi connectivity index (χ1v) is 7.20. The molecule has 1 unspecified atom stereocenters. The highest BCUT2D eigenvalue weighted by Gasteiger charge is 2.19. The quantitative estimate of drug-likeness (QED) is 0.738. The summed E-state index contributed by atoms with van der Waals surface area (Å²) >= 11 is 0. The van der Waals surface area contributed by atoms with Crippen LogP contribution in [0.15, 0.2) is 17.2 Å². The number of hydrogen-bond acceptors (Lipinski definition) is 4. The molecule has 104 valence electrons. The lowest BCUT2D eigenvalue weighted by Crippen LogP contribution is -2.35. The molecule has 0 saturated heterocycles. The van der Waals surface area contributed by atoms with Crippen molar-refractivity contribution in [3.8, 4) is 0 Å². The minimum atomic E-state index is -3.48. The van der Waals surface area contributed by atoms with E-state index in [9.17, 15) is 8.42 Å². The largest absolute Gasteiger partial charge is 0.383 e. The van der Waals surface area contributed by atoms with Crippen molar-refractivity contribution in [2.45, 2.75) is 24.4 Å². The van der Waals surface area contributed by atoms with Crippen LogP contribution in [0.3, 0.4) is 0 Å². The fourth-order valence-electron chi connectivity index (χ4n) is 1.70. The molecule has 6 nitrogen and oxygen atoms in total. The highest BCUT2D eigenvalue weighted by molar-refractivity contribution is 7.89. The SMILES string of the molecule is CNCc1cc(S(=O)(=O)NC(C)COC)cn1C. The smallest absolute Gasteiger partial charge is 0.242 e. The average molecular weight is 275 g/mol. The van der Waals surface area contributed by atoms with Crippen molar-refractivity contribution in [1.29, 1.82) is 0 Å². The van der Waals surface area contributed by atoms with Crippen molar-refractivity contribution >= 4 is 10.0 Å². The van der Waals surface area contributed by atoms with E-state index in [1.165, 1.54) is 0 Å². The number of aromatic nitrogens is 1. The van der Waals surface area contributed by atoms with E-state index in [-0.39, 0.29) is 10.9 Å². The summed E-state index contributed by atoms with van der Waals surface area (Å²) in [6.07, 6.45) is 1.61. The van der Waals surface area contributed by atoms with E-state index in [4.69, 9.17) is 4.74 Å². The fourth-order valence-corrected chi connectivity index (χ4v) is 3.02. The zero-order valence-electron chi connectivity index (χ0n) is 11.2. The molecule has 0 fully saturated rings. The number of rotatable bonds is 7. The van der Waals surface area contributed by atoms with Crippen LogP contribution < -0.4 is 10.0 Å². The molecule has 0 aliphatic rings. The number of hydrogen-bond donors (Lipinski definition) is 2. The number of nitrogens with zero attached hydrogens (tertiary/aromatic N) is 1. The third-order valence-electron chi connectivity index (χ3n) is 2.52. The second-order valence-electron chi connectivity index (χ2n) is 4.29. The molecule has 2 N–H and O–H groups in total. The van der Waals surface area contributed by atoms with Crippen LogP contribution in [-0.2, 0) is 28.4 Å². The van der Waals surface area contributed by atoms with Crippen LogP contribution in [0.2, 0.25) is 0 Å². The Morgan fingerprint density at radius 3 is 2.72 bits per heavy atom. The van der Waals surface area contributed by atoms with Gasteiger partial charge in [-0.25, -0.2) is 13.1 Å². The molecule has 1 atom stereocenters. The molecule has 0 aromatic carbocycles. The van der Waals surface area contributed by atoms with Gasteiger partial charge >= 0.3 is 0 Å². The third kappa shape index (κ3) is 3.81. The zero-order chi connectivity index (χ0) is 13.8. The van der Waals surface area contributed by atoms with Crippen molar-refractivity contribution in [2.75, 3.05) is 20.8 Å². The second-order valence-corrected chi connectivity index (χ2v) is 6.00. The molecule has 0 aliphatic heterocycles. The molecule has 0 spiro atoms. The van der Waals surface area contributed by atoms with Gasteiger partial charge in [0, 0.05) is 38.6 Å². The molecule has 0 saturated carbocycles. The summed E-state index contributed by atoms with van der Waals surface area (Å²) in [5, 5.41) is 2.99. The Hall–Kier alpha value is -0.890. The Bertz CT molecular complexity index is 482. The van der Waals surface area contributed by atoms with E-state index >= 15 is 0 Å². The van der Waals surface area contributed by atoms with Crippen LogP contribution in [0.4, 0.5) is 0 Å². The molecule has 7 heteroatoms. The Labute approximate surface area is 108 Å². The molecular formula is C11H21N3O3S. The van der Waals surface area contributed by atoms with E-state index in [1.807, 2.05) is 14.1 Å². The normalized spacial score (nSPS) is 13.8. The van der Waals surface area contributed by atoms with Crippen molar-refractivity contribution in [3.63, 3.8) is 0 Å². The van der Waals surface area contributed by atoms with Gasteiger partial charge in [-0.3, -0.25) is 0 Å². The summed E-state index contributed by atoms with van der Waals surface area (Å²) in [4.78, 5) is 0.276. The molecule has 1 heterocycles. The summed E-state index contributed by atoms with van der Waals surface area (Å²) in [6, 6.07) is 1.41. The third-order valence-corrected chi connectivity index (χ3v) is 4.08. The van der Waals surface area contributed by atoms with Crippen LogP contribution in [-0.4, -0.2) is 39.8 Å². The van der Waals surface area contributed by atoms with Gasteiger partial charge < -0.3 is 14.6 Å². The van der Waals surface area contributed by atoms with Gasteiger partial charge in [-0.2, -0.15) is 0 Å². The zero-order valence-corrected chi connectivity index (χ0v) is 12.0. The predicted octanol–water partition coefficient (Wildman–Crippen LogP) is 0.0577. The van der Waals surface area contributed by atoms with Crippen LogP contribution >= 0.6 is 0 Å². The summed E-state index contributed by atoms with van der Waals surface area (Å²) in [5.41, 5.74) is 0.914. The maximum Gasteiger partial charge on any atom is 0.242 e. The predicted molar refractivity (Wildman–Crippen MR) is 69.8 cm³/mol. The Kier molecular flexibility index (Phi) is 5.33. The summed E-state index contributed by atoms with van der Waals surface area (Å²) in [6.45, 7) is 2.73. The summed E-state index contributed by atoms with van der Waals surface area (Å²) in [7, 11) is 1.70. The minimum absolute atomic E-state index is 0.257. The molecule has 0 bridgehead atoms. The Balaban J connectivity index is 2.88. The molecule has 1 rings (SSSR count). The standard InChI is InChI=1S/C11H21N3O3S/c1-9(8-17-4)13-18(15,16)11-5-10(6-12-2)14(3)7-11/h5,7,9,12-13H,6,8H2,1-4H3. The monoisotopic (exact) mass is 275 g/mol. The average Bonchev–Trinajstić information content (AvgIpc) is 2.61. The number of ether oxygens (including phenoxy) is 1. The minimum Gasteiger partial charge on any atom is -0.383 e. The molecule has 18 heavy (non-hydrogen) atoms. The van der Waals surface area contributed by atoms with Gasteiger partial charge in [-0.1, -0.05) is 0 Å². The number of aryl methyl sites for hydroxylation is 1. The second kappa shape index (κ2) is 6.33. The fraction of sp³-hybridized carbons (Fsp3) is 0.636. The van der Waals surface area contributed by atoms with Crippen molar-refractivity contribution < 1.29 is 13.2 Å². The van der Waals surface area contributed by atoms with Gasteiger partial charge in [-0.05, 0) is 20.0 Å². The summed E-state index contributed by atoms with van der Waals surface area (Å²) in [5.74, 6) is 0. The van der Waals surface area contributed by atoms with Crippen LogP contribution in [0.25, 0.3) is 0 Å². The van der Waals surface area contributed by atoms with Gasteiger partial charge in [0.25, 0.3) is 0 Å². The van der Waals surface area contributed by atoms with E-state index in [0.29, 0.717) is 13.2 Å². The van der Waals surface area contributed by atoms with E-state index in [2.05, 4.69) is 10.0 Å². The number of nitrogens with one attached hydrogen (secondary N) is 2. The number of sulfonamides is 1. The first-order chi connectivity index (χ1) is 8.40. The maximum absolute atomic E-state index is 12.1. The van der Waals surface area contributed by atoms with Crippen molar-refractivity contribution in [3.05, 3.63) is 18.0 Å². The summed E-state index contributed by atoms with van der Waals surface area (Å²) < 4.78 is 33.5. The van der Waals surface area contributed by atoms with Gasteiger partial charge in [0.1, 0.15) is 0 Å².